The zero-order valence-corrected chi connectivity index (χ0v) is 10.4. The molecule has 0 radical (unpaired) electrons. The van der Waals surface area contributed by atoms with Crippen molar-refractivity contribution in [1.29, 1.82) is 0 Å². The second kappa shape index (κ2) is 5.27. The third-order valence-electron chi connectivity index (χ3n) is 2.71. The number of likely N-dealkylation sites (N-methyl/N-ethyl adjacent to an activating group) is 1. The van der Waals surface area contributed by atoms with Gasteiger partial charge in [-0.1, -0.05) is 6.07 Å². The molecule has 0 aliphatic carbocycles. The van der Waals surface area contributed by atoms with Crippen LogP contribution in [0.4, 0.5) is 0 Å². The van der Waals surface area contributed by atoms with Gasteiger partial charge in [-0.25, -0.2) is 0 Å². The van der Waals surface area contributed by atoms with Crippen LogP contribution in [-0.2, 0) is 11.2 Å². The highest BCUT2D eigenvalue weighted by Crippen LogP contribution is 2.32. The number of fused-ring (bicyclic) bond motifs is 1. The first-order valence-corrected chi connectivity index (χ1v) is 5.92. The molecule has 0 fully saturated rings. The number of hydrogen-bond donors (Lipinski definition) is 0. The first-order chi connectivity index (χ1) is 8.20. The lowest BCUT2D eigenvalue weighted by Gasteiger charge is -2.15. The van der Waals surface area contributed by atoms with Gasteiger partial charge in [0.1, 0.15) is 5.88 Å². The number of hydrogen-bond acceptors (Lipinski definition) is 3. The van der Waals surface area contributed by atoms with E-state index in [0.717, 1.165) is 23.5 Å². The summed E-state index contributed by atoms with van der Waals surface area (Å²) in [5.41, 5.74) is 1.11. The topological polar surface area (TPSA) is 38.8 Å². The van der Waals surface area contributed by atoms with E-state index in [0.29, 0.717) is 6.54 Å². The normalized spacial score (nSPS) is 12.6. The van der Waals surface area contributed by atoms with E-state index in [4.69, 9.17) is 21.1 Å². The number of carbonyl (C=O) groups excluding carboxylic acids is 1. The van der Waals surface area contributed by atoms with Crippen molar-refractivity contribution in [3.8, 4) is 11.5 Å². The van der Waals surface area contributed by atoms with Crippen LogP contribution in [0.2, 0.25) is 0 Å². The summed E-state index contributed by atoms with van der Waals surface area (Å²) in [7, 11) is 1.75. The van der Waals surface area contributed by atoms with E-state index in [-0.39, 0.29) is 18.6 Å². The molecule has 4 nitrogen and oxygen atoms in total. The molecule has 0 bridgehead atoms. The summed E-state index contributed by atoms with van der Waals surface area (Å²) in [5, 5.41) is 0. The van der Waals surface area contributed by atoms with E-state index in [1.807, 2.05) is 18.2 Å². The van der Waals surface area contributed by atoms with Gasteiger partial charge in [-0.15, -0.1) is 11.6 Å². The fourth-order valence-corrected chi connectivity index (χ4v) is 1.82. The smallest absolute Gasteiger partial charge is 0.237 e. The minimum Gasteiger partial charge on any atom is -0.454 e. The Bertz CT molecular complexity index is 422. The molecule has 1 aromatic rings. The van der Waals surface area contributed by atoms with Gasteiger partial charge in [-0.05, 0) is 24.1 Å². The predicted molar refractivity (Wildman–Crippen MR) is 64.6 cm³/mol. The number of ether oxygens (including phenoxy) is 2. The van der Waals surface area contributed by atoms with E-state index >= 15 is 0 Å². The summed E-state index contributed by atoms with van der Waals surface area (Å²) >= 11 is 5.48. The maximum atomic E-state index is 11.3. The number of alkyl halides is 1. The van der Waals surface area contributed by atoms with Crippen LogP contribution in [0, 0.1) is 0 Å². The third kappa shape index (κ3) is 2.82. The quantitative estimate of drug-likeness (QED) is 0.768. The van der Waals surface area contributed by atoms with Gasteiger partial charge in [0.2, 0.25) is 12.7 Å². The molecule has 0 N–H and O–H groups in total. The predicted octanol–water partition coefficient (Wildman–Crippen LogP) is 1.66. The summed E-state index contributed by atoms with van der Waals surface area (Å²) in [6.45, 7) is 0.925. The highest BCUT2D eigenvalue weighted by Gasteiger charge is 2.13. The standard InChI is InChI=1S/C12H14ClNO3/c1-14(12(15)7-13)5-4-9-2-3-10-11(6-9)17-8-16-10/h2-3,6H,4-5,7-8H2,1H3. The van der Waals surface area contributed by atoms with Crippen LogP contribution in [0.15, 0.2) is 18.2 Å². The van der Waals surface area contributed by atoms with Gasteiger partial charge in [-0.3, -0.25) is 4.79 Å². The van der Waals surface area contributed by atoms with Crippen LogP contribution in [0.5, 0.6) is 11.5 Å². The number of nitrogens with zero attached hydrogens (tertiary/aromatic N) is 1. The first-order valence-electron chi connectivity index (χ1n) is 5.39. The first kappa shape index (κ1) is 12.0. The second-order valence-corrected chi connectivity index (χ2v) is 4.15. The Morgan fingerprint density at radius 3 is 2.94 bits per heavy atom. The Morgan fingerprint density at radius 2 is 2.18 bits per heavy atom. The number of halogens is 1. The Labute approximate surface area is 105 Å². The lowest BCUT2D eigenvalue weighted by Crippen LogP contribution is -2.29. The van der Waals surface area contributed by atoms with Gasteiger partial charge in [0.05, 0.1) is 0 Å². The van der Waals surface area contributed by atoms with Crippen molar-refractivity contribution in [3.63, 3.8) is 0 Å². The van der Waals surface area contributed by atoms with E-state index in [2.05, 4.69) is 0 Å². The molecule has 0 saturated heterocycles. The molecular formula is C12H14ClNO3. The Hall–Kier alpha value is -1.42. The number of carbonyl (C=O) groups is 1. The Morgan fingerprint density at radius 1 is 1.41 bits per heavy atom. The molecular weight excluding hydrogens is 242 g/mol. The van der Waals surface area contributed by atoms with Crippen LogP contribution >= 0.6 is 11.6 Å². The number of rotatable bonds is 4. The van der Waals surface area contributed by atoms with Crippen LogP contribution in [-0.4, -0.2) is 37.1 Å². The van der Waals surface area contributed by atoms with E-state index in [9.17, 15) is 4.79 Å². The molecule has 5 heteroatoms. The number of benzene rings is 1. The highest BCUT2D eigenvalue weighted by atomic mass is 35.5. The molecule has 92 valence electrons. The molecule has 0 spiro atoms. The molecule has 1 amide bonds. The third-order valence-corrected chi connectivity index (χ3v) is 2.94. The average molecular weight is 256 g/mol. The maximum Gasteiger partial charge on any atom is 0.237 e. The van der Waals surface area contributed by atoms with Crippen molar-refractivity contribution in [2.45, 2.75) is 6.42 Å². The molecule has 1 heterocycles. The Kier molecular flexibility index (Phi) is 3.74. The highest BCUT2D eigenvalue weighted by molar-refractivity contribution is 6.27. The summed E-state index contributed by atoms with van der Waals surface area (Å²) in [6, 6.07) is 5.81. The van der Waals surface area contributed by atoms with Crippen molar-refractivity contribution in [2.75, 3.05) is 26.3 Å². The van der Waals surface area contributed by atoms with Gasteiger partial charge >= 0.3 is 0 Å². The average Bonchev–Trinajstić information content (AvgIpc) is 2.82. The second-order valence-electron chi connectivity index (χ2n) is 3.89. The monoisotopic (exact) mass is 255 g/mol. The van der Waals surface area contributed by atoms with Crippen LogP contribution < -0.4 is 9.47 Å². The molecule has 1 aliphatic rings. The van der Waals surface area contributed by atoms with Gasteiger partial charge in [0.15, 0.2) is 11.5 Å². The Balaban J connectivity index is 1.93. The summed E-state index contributed by atoms with van der Waals surface area (Å²) in [6.07, 6.45) is 0.774. The van der Waals surface area contributed by atoms with Gasteiger partial charge in [0, 0.05) is 13.6 Å². The van der Waals surface area contributed by atoms with Crippen molar-refractivity contribution < 1.29 is 14.3 Å². The molecule has 0 aromatic heterocycles. The zero-order chi connectivity index (χ0) is 12.3. The molecule has 1 aliphatic heterocycles. The molecule has 17 heavy (non-hydrogen) atoms. The van der Waals surface area contributed by atoms with Gasteiger partial charge in [-0.2, -0.15) is 0 Å². The van der Waals surface area contributed by atoms with Crippen molar-refractivity contribution in [1.82, 2.24) is 4.90 Å². The maximum absolute atomic E-state index is 11.3. The van der Waals surface area contributed by atoms with E-state index in [1.165, 1.54) is 0 Å². The van der Waals surface area contributed by atoms with Gasteiger partial charge in [0.25, 0.3) is 0 Å². The van der Waals surface area contributed by atoms with Crippen LogP contribution in [0.3, 0.4) is 0 Å². The summed E-state index contributed by atoms with van der Waals surface area (Å²) in [4.78, 5) is 12.9. The summed E-state index contributed by atoms with van der Waals surface area (Å²) < 4.78 is 10.5. The molecule has 0 saturated carbocycles. The molecule has 0 atom stereocenters. The minimum atomic E-state index is -0.0626. The molecule has 0 unspecified atom stereocenters. The van der Waals surface area contributed by atoms with Crippen molar-refractivity contribution >= 4 is 17.5 Å². The fraction of sp³-hybridized carbons (Fsp3) is 0.417. The minimum absolute atomic E-state index is 0.0254. The van der Waals surface area contributed by atoms with E-state index < -0.39 is 0 Å². The molecule has 1 aromatic carbocycles. The van der Waals surface area contributed by atoms with Crippen molar-refractivity contribution in [2.24, 2.45) is 0 Å². The summed E-state index contributed by atoms with van der Waals surface area (Å²) in [5.74, 6) is 1.51. The fourth-order valence-electron chi connectivity index (χ4n) is 1.62. The number of amides is 1. The van der Waals surface area contributed by atoms with Gasteiger partial charge < -0.3 is 14.4 Å². The molecule has 2 rings (SSSR count). The SMILES string of the molecule is CN(CCc1ccc2c(c1)OCO2)C(=O)CCl. The van der Waals surface area contributed by atoms with Crippen molar-refractivity contribution in [3.05, 3.63) is 23.8 Å². The van der Waals surface area contributed by atoms with E-state index in [1.54, 1.807) is 11.9 Å². The zero-order valence-electron chi connectivity index (χ0n) is 9.61. The lowest BCUT2D eigenvalue weighted by molar-refractivity contribution is -0.127. The van der Waals surface area contributed by atoms with Crippen LogP contribution in [0.1, 0.15) is 5.56 Å². The van der Waals surface area contributed by atoms with Crippen LogP contribution in [0.25, 0.3) is 0 Å². The largest absolute Gasteiger partial charge is 0.454 e. The lowest BCUT2D eigenvalue weighted by atomic mass is 10.1.